The number of aryl methyl sites for hydroxylation is 1. The molecule has 0 aliphatic rings. The molecule has 0 saturated heterocycles. The van der Waals surface area contributed by atoms with E-state index in [0.29, 0.717) is 17.3 Å². The van der Waals surface area contributed by atoms with Crippen LogP contribution in [0.4, 0.5) is 10.8 Å². The van der Waals surface area contributed by atoms with Gasteiger partial charge in [0.05, 0.1) is 11.4 Å². The lowest BCUT2D eigenvalue weighted by atomic mass is 10.3. The van der Waals surface area contributed by atoms with E-state index in [1.807, 2.05) is 43.5 Å². The molecule has 7 heteroatoms. The summed E-state index contributed by atoms with van der Waals surface area (Å²) in [7, 11) is 0. The molecule has 0 atom stereocenters. The third-order valence-corrected chi connectivity index (χ3v) is 4.70. The molecule has 5 nitrogen and oxygen atoms in total. The third-order valence-electron chi connectivity index (χ3n) is 2.83. The Labute approximate surface area is 143 Å². The van der Waals surface area contributed by atoms with Crippen molar-refractivity contribution < 1.29 is 9.59 Å². The molecular formula is C16H19N3O2S2. The minimum absolute atomic E-state index is 0.00605. The molecule has 2 aromatic rings. The van der Waals surface area contributed by atoms with Gasteiger partial charge in [-0.05, 0) is 31.5 Å². The summed E-state index contributed by atoms with van der Waals surface area (Å²) in [4.78, 5) is 28.6. The second kappa shape index (κ2) is 8.69. The summed E-state index contributed by atoms with van der Waals surface area (Å²) in [5.41, 5.74) is 1.65. The normalized spacial score (nSPS) is 10.3. The lowest BCUT2D eigenvalue weighted by Crippen LogP contribution is -2.14. The summed E-state index contributed by atoms with van der Waals surface area (Å²) in [5.74, 6) is 0.210. The molecule has 0 fully saturated rings. The third kappa shape index (κ3) is 6.03. The van der Waals surface area contributed by atoms with Crippen LogP contribution >= 0.6 is 23.1 Å². The van der Waals surface area contributed by atoms with Crippen molar-refractivity contribution in [1.29, 1.82) is 0 Å². The van der Waals surface area contributed by atoms with Crippen molar-refractivity contribution in [2.75, 3.05) is 16.4 Å². The van der Waals surface area contributed by atoms with Gasteiger partial charge in [0.2, 0.25) is 11.8 Å². The van der Waals surface area contributed by atoms with Crippen molar-refractivity contribution in [3.05, 3.63) is 35.3 Å². The van der Waals surface area contributed by atoms with Crippen LogP contribution < -0.4 is 10.6 Å². The number of carbonyl (C=O) groups excluding carboxylic acids is 2. The number of nitrogens with zero attached hydrogens (tertiary/aromatic N) is 1. The standard InChI is InChI=1S/C16H19N3O2S2/c1-3-5-14(20)18-12-6-4-7-13(8-12)22-10-15(21)19-16-17-11(2)9-23-16/h4,6-9H,3,5,10H2,1-2H3,(H,18,20)(H,17,19,21). The van der Waals surface area contributed by atoms with E-state index < -0.39 is 0 Å². The quantitative estimate of drug-likeness (QED) is 0.743. The fourth-order valence-corrected chi connectivity index (χ4v) is 3.29. The number of benzene rings is 1. The Hall–Kier alpha value is -1.86. The molecular weight excluding hydrogens is 330 g/mol. The average molecular weight is 349 g/mol. The van der Waals surface area contributed by atoms with Gasteiger partial charge in [0.1, 0.15) is 0 Å². The van der Waals surface area contributed by atoms with Gasteiger partial charge in [-0.25, -0.2) is 4.98 Å². The zero-order valence-corrected chi connectivity index (χ0v) is 14.7. The van der Waals surface area contributed by atoms with Crippen LogP contribution in [0.15, 0.2) is 34.5 Å². The number of thioether (sulfide) groups is 1. The van der Waals surface area contributed by atoms with Gasteiger partial charge < -0.3 is 10.6 Å². The van der Waals surface area contributed by atoms with Crippen LogP contribution in [0.2, 0.25) is 0 Å². The Balaban J connectivity index is 1.85. The summed E-state index contributed by atoms with van der Waals surface area (Å²) in [6.45, 7) is 3.85. The van der Waals surface area contributed by atoms with Gasteiger partial charge in [-0.2, -0.15) is 0 Å². The molecule has 2 rings (SSSR count). The lowest BCUT2D eigenvalue weighted by Gasteiger charge is -2.07. The van der Waals surface area contributed by atoms with E-state index in [2.05, 4.69) is 15.6 Å². The molecule has 1 heterocycles. The monoisotopic (exact) mass is 349 g/mol. The Bertz CT molecular complexity index is 685. The largest absolute Gasteiger partial charge is 0.326 e. The maximum Gasteiger partial charge on any atom is 0.236 e. The minimum Gasteiger partial charge on any atom is -0.326 e. The maximum absolute atomic E-state index is 11.9. The zero-order chi connectivity index (χ0) is 16.7. The van der Waals surface area contributed by atoms with Gasteiger partial charge in [-0.1, -0.05) is 13.0 Å². The maximum atomic E-state index is 11.9. The molecule has 1 aromatic carbocycles. The molecule has 2 amide bonds. The van der Waals surface area contributed by atoms with E-state index in [4.69, 9.17) is 0 Å². The molecule has 0 spiro atoms. The van der Waals surface area contributed by atoms with Crippen LogP contribution in [0.1, 0.15) is 25.5 Å². The molecule has 2 N–H and O–H groups in total. The van der Waals surface area contributed by atoms with Gasteiger partial charge in [-0.3, -0.25) is 9.59 Å². The van der Waals surface area contributed by atoms with Crippen molar-refractivity contribution in [2.45, 2.75) is 31.6 Å². The first-order chi connectivity index (χ1) is 11.1. The molecule has 0 aliphatic carbocycles. The Morgan fingerprint density at radius 1 is 1.26 bits per heavy atom. The fraction of sp³-hybridized carbons (Fsp3) is 0.312. The SMILES string of the molecule is CCCC(=O)Nc1cccc(SCC(=O)Nc2nc(C)cs2)c1. The lowest BCUT2D eigenvalue weighted by molar-refractivity contribution is -0.116. The van der Waals surface area contributed by atoms with Crippen molar-refractivity contribution in [1.82, 2.24) is 4.98 Å². The number of anilines is 2. The number of hydrogen-bond donors (Lipinski definition) is 2. The highest BCUT2D eigenvalue weighted by atomic mass is 32.2. The van der Waals surface area contributed by atoms with Crippen LogP contribution in [0.5, 0.6) is 0 Å². The van der Waals surface area contributed by atoms with Crippen LogP contribution in [0, 0.1) is 6.92 Å². The van der Waals surface area contributed by atoms with Crippen LogP contribution in [-0.2, 0) is 9.59 Å². The van der Waals surface area contributed by atoms with Crippen LogP contribution in [-0.4, -0.2) is 22.6 Å². The summed E-state index contributed by atoms with van der Waals surface area (Å²) in [6, 6.07) is 7.50. The number of aromatic nitrogens is 1. The average Bonchev–Trinajstić information content (AvgIpc) is 2.91. The van der Waals surface area contributed by atoms with Gasteiger partial charge in [0.25, 0.3) is 0 Å². The predicted octanol–water partition coefficient (Wildman–Crippen LogP) is 3.92. The number of nitrogens with one attached hydrogen (secondary N) is 2. The topological polar surface area (TPSA) is 71.1 Å². The summed E-state index contributed by atoms with van der Waals surface area (Å²) >= 11 is 2.84. The number of amides is 2. The molecule has 1 aromatic heterocycles. The zero-order valence-electron chi connectivity index (χ0n) is 13.1. The van der Waals surface area contributed by atoms with Crippen molar-refractivity contribution in [3.63, 3.8) is 0 Å². The van der Waals surface area contributed by atoms with Gasteiger partial charge in [0, 0.05) is 22.4 Å². The number of thiazole rings is 1. The Morgan fingerprint density at radius 2 is 2.09 bits per heavy atom. The fourth-order valence-electron chi connectivity index (χ4n) is 1.83. The Morgan fingerprint density at radius 3 is 2.78 bits per heavy atom. The minimum atomic E-state index is -0.0928. The highest BCUT2D eigenvalue weighted by molar-refractivity contribution is 8.00. The number of carbonyl (C=O) groups is 2. The van der Waals surface area contributed by atoms with E-state index >= 15 is 0 Å². The van der Waals surface area contributed by atoms with Gasteiger partial charge in [0.15, 0.2) is 5.13 Å². The second-order valence-corrected chi connectivity index (χ2v) is 6.86. The van der Waals surface area contributed by atoms with E-state index in [9.17, 15) is 9.59 Å². The highest BCUT2D eigenvalue weighted by Crippen LogP contribution is 2.22. The first-order valence-electron chi connectivity index (χ1n) is 7.31. The molecule has 0 unspecified atom stereocenters. The molecule has 122 valence electrons. The van der Waals surface area contributed by atoms with Crippen LogP contribution in [0.25, 0.3) is 0 Å². The smallest absolute Gasteiger partial charge is 0.236 e. The van der Waals surface area contributed by atoms with Gasteiger partial charge in [-0.15, -0.1) is 23.1 Å². The van der Waals surface area contributed by atoms with Crippen molar-refractivity contribution in [2.24, 2.45) is 0 Å². The number of rotatable bonds is 7. The van der Waals surface area contributed by atoms with E-state index in [1.165, 1.54) is 23.1 Å². The van der Waals surface area contributed by atoms with Crippen molar-refractivity contribution >= 4 is 45.7 Å². The van der Waals surface area contributed by atoms with E-state index in [1.54, 1.807) is 0 Å². The molecule has 0 aliphatic heterocycles. The van der Waals surface area contributed by atoms with E-state index in [-0.39, 0.29) is 11.8 Å². The molecule has 23 heavy (non-hydrogen) atoms. The van der Waals surface area contributed by atoms with E-state index in [0.717, 1.165) is 22.7 Å². The molecule has 0 saturated carbocycles. The first-order valence-corrected chi connectivity index (χ1v) is 9.18. The Kier molecular flexibility index (Phi) is 6.61. The van der Waals surface area contributed by atoms with Gasteiger partial charge >= 0.3 is 0 Å². The summed E-state index contributed by atoms with van der Waals surface area (Å²) < 4.78 is 0. The second-order valence-electron chi connectivity index (χ2n) is 4.96. The summed E-state index contributed by atoms with van der Waals surface area (Å²) in [6.07, 6.45) is 1.32. The molecule has 0 bridgehead atoms. The first kappa shape index (κ1) is 17.5. The number of hydrogen-bond acceptors (Lipinski definition) is 5. The highest BCUT2D eigenvalue weighted by Gasteiger charge is 2.07. The van der Waals surface area contributed by atoms with Crippen molar-refractivity contribution in [3.8, 4) is 0 Å². The van der Waals surface area contributed by atoms with Crippen LogP contribution in [0.3, 0.4) is 0 Å². The predicted molar refractivity (Wildman–Crippen MR) is 96.2 cm³/mol. The summed E-state index contributed by atoms with van der Waals surface area (Å²) in [5, 5.41) is 8.14. The molecule has 0 radical (unpaired) electrons.